The van der Waals surface area contributed by atoms with Crippen LogP contribution in [0.5, 0.6) is 5.75 Å². The summed E-state index contributed by atoms with van der Waals surface area (Å²) in [6, 6.07) is 15.0. The van der Waals surface area contributed by atoms with Crippen molar-refractivity contribution in [3.05, 3.63) is 48.0 Å². The summed E-state index contributed by atoms with van der Waals surface area (Å²) in [5.74, 6) is 1.00. The minimum Gasteiger partial charge on any atom is -0.488 e. The van der Waals surface area contributed by atoms with E-state index >= 15 is 0 Å². The monoisotopic (exact) mass is 369 g/mol. The van der Waals surface area contributed by atoms with E-state index in [1.54, 1.807) is 11.8 Å². The van der Waals surface area contributed by atoms with Crippen LogP contribution in [-0.4, -0.2) is 38.0 Å². The zero-order valence-corrected chi connectivity index (χ0v) is 15.7. The Balaban J connectivity index is 1.38. The number of carbonyl (C=O) groups is 1. The summed E-state index contributed by atoms with van der Waals surface area (Å²) in [4.78, 5) is 13.4. The fraction of sp³-hybridized carbons (Fsp3) is 0.381. The van der Waals surface area contributed by atoms with Gasteiger partial charge in [-0.1, -0.05) is 18.2 Å². The third-order valence-corrected chi connectivity index (χ3v) is 5.77. The third-order valence-electron chi connectivity index (χ3n) is 5.03. The highest BCUT2D eigenvalue weighted by Crippen LogP contribution is 2.33. The van der Waals surface area contributed by atoms with Crippen LogP contribution in [0, 0.1) is 5.92 Å². The predicted molar refractivity (Wildman–Crippen MR) is 104 cm³/mol. The van der Waals surface area contributed by atoms with Crippen LogP contribution in [0.15, 0.2) is 47.4 Å². The molecule has 2 unspecified atom stereocenters. The van der Waals surface area contributed by atoms with Gasteiger partial charge < -0.3 is 14.8 Å². The largest absolute Gasteiger partial charge is 0.488 e. The maximum Gasteiger partial charge on any atom is 0.225 e. The van der Waals surface area contributed by atoms with Gasteiger partial charge in [0.15, 0.2) is 0 Å². The first-order chi connectivity index (χ1) is 12.7. The number of nitrogens with one attached hydrogen (secondary N) is 1. The van der Waals surface area contributed by atoms with E-state index in [-0.39, 0.29) is 17.9 Å². The van der Waals surface area contributed by atoms with Crippen molar-refractivity contribution in [3.63, 3.8) is 0 Å². The summed E-state index contributed by atoms with van der Waals surface area (Å²) in [6.45, 7) is 1.77. The third kappa shape index (κ3) is 3.74. The highest BCUT2D eigenvalue weighted by atomic mass is 32.2. The molecule has 2 heterocycles. The predicted octanol–water partition coefficient (Wildman–Crippen LogP) is 3.53. The average molecular weight is 369 g/mol. The van der Waals surface area contributed by atoms with Gasteiger partial charge in [0, 0.05) is 17.9 Å². The van der Waals surface area contributed by atoms with E-state index in [0.29, 0.717) is 19.8 Å². The van der Waals surface area contributed by atoms with E-state index in [0.717, 1.165) is 18.6 Å². The molecule has 2 aliphatic rings. The van der Waals surface area contributed by atoms with Crippen LogP contribution in [0.3, 0.4) is 0 Å². The Morgan fingerprint density at radius 3 is 2.73 bits per heavy atom. The molecule has 4 nitrogen and oxygen atoms in total. The van der Waals surface area contributed by atoms with Crippen molar-refractivity contribution < 1.29 is 14.3 Å². The van der Waals surface area contributed by atoms with Crippen LogP contribution in [0.4, 0.5) is 0 Å². The zero-order valence-electron chi connectivity index (χ0n) is 14.9. The topological polar surface area (TPSA) is 47.6 Å². The fourth-order valence-electron chi connectivity index (χ4n) is 3.50. The van der Waals surface area contributed by atoms with Crippen LogP contribution in [0.25, 0.3) is 11.1 Å². The first-order valence-electron chi connectivity index (χ1n) is 9.02. The Labute approximate surface area is 158 Å². The second-order valence-electron chi connectivity index (χ2n) is 6.80. The molecular formula is C21H23NO3S. The van der Waals surface area contributed by atoms with Crippen molar-refractivity contribution in [1.29, 1.82) is 0 Å². The number of hydrogen-bond donors (Lipinski definition) is 1. The standard InChI is InChI=1S/C21H23NO3S/c1-26-19-5-2-14(3-6-19)15-4-7-20-17(10-15)11-18(25-20)12-22-21(23)16-8-9-24-13-16/h2-7,10,16,18H,8-9,11-13H2,1H3,(H,22,23). The molecule has 5 heteroatoms. The molecule has 0 saturated carbocycles. The Kier molecular flexibility index (Phi) is 5.18. The quantitative estimate of drug-likeness (QED) is 0.819. The SMILES string of the molecule is CSc1ccc(-c2ccc3c(c2)CC(CNC(=O)C2CCOC2)O3)cc1. The van der Waals surface area contributed by atoms with E-state index in [1.165, 1.54) is 21.6 Å². The number of rotatable bonds is 5. The minimum atomic E-state index is -0.00497. The van der Waals surface area contributed by atoms with Gasteiger partial charge in [0.25, 0.3) is 0 Å². The van der Waals surface area contributed by atoms with Crippen molar-refractivity contribution in [1.82, 2.24) is 5.32 Å². The lowest BCUT2D eigenvalue weighted by Gasteiger charge is -2.14. The maximum absolute atomic E-state index is 12.1. The second kappa shape index (κ2) is 7.72. The highest BCUT2D eigenvalue weighted by Gasteiger charge is 2.27. The molecule has 2 aromatic rings. The lowest BCUT2D eigenvalue weighted by atomic mass is 10.0. The number of ether oxygens (including phenoxy) is 2. The molecule has 2 aromatic carbocycles. The van der Waals surface area contributed by atoms with E-state index in [2.05, 4.69) is 48.0 Å². The summed E-state index contributed by atoms with van der Waals surface area (Å²) in [5, 5.41) is 3.01. The summed E-state index contributed by atoms with van der Waals surface area (Å²) >= 11 is 1.75. The van der Waals surface area contributed by atoms with Crippen LogP contribution >= 0.6 is 11.8 Å². The summed E-state index contributed by atoms with van der Waals surface area (Å²) in [7, 11) is 0. The van der Waals surface area contributed by atoms with Crippen LogP contribution in [-0.2, 0) is 16.0 Å². The molecule has 2 aliphatic heterocycles. The molecular weight excluding hydrogens is 346 g/mol. The first kappa shape index (κ1) is 17.4. The van der Waals surface area contributed by atoms with Gasteiger partial charge in [-0.3, -0.25) is 4.79 Å². The van der Waals surface area contributed by atoms with Crippen molar-refractivity contribution >= 4 is 17.7 Å². The van der Waals surface area contributed by atoms with Gasteiger partial charge in [-0.05, 0) is 53.6 Å². The van der Waals surface area contributed by atoms with Gasteiger partial charge in [0.05, 0.1) is 19.1 Å². The van der Waals surface area contributed by atoms with E-state index < -0.39 is 0 Å². The molecule has 1 saturated heterocycles. The van der Waals surface area contributed by atoms with Gasteiger partial charge in [-0.2, -0.15) is 0 Å². The summed E-state index contributed by atoms with van der Waals surface area (Å²) < 4.78 is 11.3. The molecule has 0 spiro atoms. The Morgan fingerprint density at radius 2 is 2.00 bits per heavy atom. The number of hydrogen-bond acceptors (Lipinski definition) is 4. The van der Waals surface area contributed by atoms with Crippen molar-refractivity contribution in [2.45, 2.75) is 23.8 Å². The molecule has 0 radical (unpaired) electrons. The molecule has 1 amide bonds. The maximum atomic E-state index is 12.1. The molecule has 26 heavy (non-hydrogen) atoms. The van der Waals surface area contributed by atoms with E-state index in [4.69, 9.17) is 9.47 Å². The molecule has 2 atom stereocenters. The lowest BCUT2D eigenvalue weighted by molar-refractivity contribution is -0.125. The number of benzene rings is 2. The Bertz CT molecular complexity index is 784. The lowest BCUT2D eigenvalue weighted by Crippen LogP contribution is -2.38. The first-order valence-corrected chi connectivity index (χ1v) is 10.2. The van der Waals surface area contributed by atoms with Gasteiger partial charge in [0.1, 0.15) is 11.9 Å². The Hall–Kier alpha value is -1.98. The number of thioether (sulfide) groups is 1. The van der Waals surface area contributed by atoms with Gasteiger partial charge >= 0.3 is 0 Å². The number of carbonyl (C=O) groups excluding carboxylic acids is 1. The van der Waals surface area contributed by atoms with Crippen LogP contribution in [0.2, 0.25) is 0 Å². The van der Waals surface area contributed by atoms with E-state index in [1.807, 2.05) is 6.07 Å². The molecule has 1 N–H and O–H groups in total. The molecule has 0 aliphatic carbocycles. The summed E-state index contributed by atoms with van der Waals surface area (Å²) in [6.07, 6.45) is 3.73. The van der Waals surface area contributed by atoms with Crippen molar-refractivity contribution in [2.24, 2.45) is 5.92 Å². The normalized spacial score (nSPS) is 21.3. The summed E-state index contributed by atoms with van der Waals surface area (Å²) in [5.41, 5.74) is 3.62. The Morgan fingerprint density at radius 1 is 1.19 bits per heavy atom. The van der Waals surface area contributed by atoms with E-state index in [9.17, 15) is 4.79 Å². The fourth-order valence-corrected chi connectivity index (χ4v) is 3.91. The van der Waals surface area contributed by atoms with Crippen LogP contribution in [0.1, 0.15) is 12.0 Å². The minimum absolute atomic E-state index is 0.00497. The average Bonchev–Trinajstić information content (AvgIpc) is 3.35. The van der Waals surface area contributed by atoms with Gasteiger partial charge in [-0.15, -0.1) is 11.8 Å². The smallest absolute Gasteiger partial charge is 0.225 e. The van der Waals surface area contributed by atoms with Gasteiger partial charge in [0.2, 0.25) is 5.91 Å². The van der Waals surface area contributed by atoms with Crippen LogP contribution < -0.4 is 10.1 Å². The van der Waals surface area contributed by atoms with Crippen molar-refractivity contribution in [3.8, 4) is 16.9 Å². The van der Waals surface area contributed by atoms with Crippen molar-refractivity contribution in [2.75, 3.05) is 26.0 Å². The molecule has 4 rings (SSSR count). The number of fused-ring (bicyclic) bond motifs is 1. The number of amides is 1. The zero-order chi connectivity index (χ0) is 17.9. The highest BCUT2D eigenvalue weighted by molar-refractivity contribution is 7.98. The molecule has 0 aromatic heterocycles. The second-order valence-corrected chi connectivity index (χ2v) is 7.68. The molecule has 136 valence electrons. The molecule has 1 fully saturated rings. The molecule has 0 bridgehead atoms. The van der Waals surface area contributed by atoms with Gasteiger partial charge in [-0.25, -0.2) is 0 Å².